The lowest BCUT2D eigenvalue weighted by Crippen LogP contribution is -2.13. The summed E-state index contributed by atoms with van der Waals surface area (Å²) in [5.41, 5.74) is 6.06. The summed E-state index contributed by atoms with van der Waals surface area (Å²) in [7, 11) is 0. The number of nitro benzene ring substituents is 1. The van der Waals surface area contributed by atoms with Crippen LogP contribution in [0, 0.1) is 10.1 Å². The number of esters is 1. The fraction of sp³-hybridized carbons (Fsp3) is 0.158. The van der Waals surface area contributed by atoms with Crippen LogP contribution in [0.5, 0.6) is 0 Å². The summed E-state index contributed by atoms with van der Waals surface area (Å²) < 4.78 is 7.10. The van der Waals surface area contributed by atoms with Crippen LogP contribution in [0.25, 0.3) is 10.9 Å². The molecule has 0 saturated carbocycles. The molecule has 0 saturated heterocycles. The molecule has 0 atom stereocenters. The van der Waals surface area contributed by atoms with Crippen LogP contribution in [0.4, 0.5) is 5.69 Å². The lowest BCUT2D eigenvalue weighted by Gasteiger charge is -2.08. The molecule has 0 unspecified atom stereocenters. The number of rotatable bonds is 7. The highest BCUT2D eigenvalue weighted by Crippen LogP contribution is 2.21. The Morgan fingerprint density at radius 1 is 1.15 bits per heavy atom. The Morgan fingerprint density at radius 2 is 1.93 bits per heavy atom. The molecule has 1 amide bonds. The summed E-state index contributed by atoms with van der Waals surface area (Å²) in [6.45, 7) is 0.190. The largest absolute Gasteiger partial charge is 0.460 e. The quantitative estimate of drug-likeness (QED) is 0.391. The number of primary amides is 1. The summed E-state index contributed by atoms with van der Waals surface area (Å²) in [5.74, 6) is -1.23. The van der Waals surface area contributed by atoms with Crippen molar-refractivity contribution in [3.8, 4) is 0 Å². The molecule has 0 aliphatic rings. The molecule has 2 aromatic carbocycles. The number of fused-ring (bicyclic) bond motifs is 1. The van der Waals surface area contributed by atoms with Crippen molar-refractivity contribution in [2.24, 2.45) is 5.73 Å². The molecule has 27 heavy (non-hydrogen) atoms. The summed E-state index contributed by atoms with van der Waals surface area (Å²) in [6.07, 6.45) is 2.02. The van der Waals surface area contributed by atoms with E-state index in [1.807, 2.05) is 41.1 Å². The molecule has 0 aliphatic heterocycles. The van der Waals surface area contributed by atoms with Crippen molar-refractivity contribution in [2.75, 3.05) is 0 Å². The lowest BCUT2D eigenvalue weighted by molar-refractivity contribution is -0.385. The Morgan fingerprint density at radius 3 is 2.67 bits per heavy atom. The molecular weight excluding hydrogens is 350 g/mol. The molecule has 1 aromatic heterocycles. The van der Waals surface area contributed by atoms with Crippen molar-refractivity contribution in [2.45, 2.75) is 19.6 Å². The van der Waals surface area contributed by atoms with Gasteiger partial charge in [0.1, 0.15) is 6.61 Å². The first-order valence-electron chi connectivity index (χ1n) is 8.22. The molecule has 3 rings (SSSR count). The Labute approximate surface area is 154 Å². The van der Waals surface area contributed by atoms with Crippen LogP contribution in [0.1, 0.15) is 22.3 Å². The second-order valence-corrected chi connectivity index (χ2v) is 5.94. The Hall–Kier alpha value is -3.68. The van der Waals surface area contributed by atoms with Crippen LogP contribution in [-0.2, 0) is 22.7 Å². The minimum atomic E-state index is -0.763. The highest BCUT2D eigenvalue weighted by Gasteiger charge is 2.18. The number of amides is 1. The van der Waals surface area contributed by atoms with E-state index in [1.165, 1.54) is 12.1 Å². The second kappa shape index (κ2) is 7.69. The molecule has 8 nitrogen and oxygen atoms in total. The standard InChI is InChI=1S/C19H17N3O5/c20-19(24)14-5-6-15(17(11-14)22(25)26)12-27-18(23)8-10-21-9-7-13-3-1-2-4-16(13)21/h1-7,9,11H,8,10,12H2,(H2,20,24). The molecule has 2 N–H and O–H groups in total. The average molecular weight is 367 g/mol. The third-order valence-electron chi connectivity index (χ3n) is 4.19. The summed E-state index contributed by atoms with van der Waals surface area (Å²) in [6, 6.07) is 13.6. The monoisotopic (exact) mass is 367 g/mol. The normalized spacial score (nSPS) is 10.7. The maximum atomic E-state index is 12.0. The van der Waals surface area contributed by atoms with Crippen molar-refractivity contribution in [3.63, 3.8) is 0 Å². The molecular formula is C19H17N3O5. The highest BCUT2D eigenvalue weighted by atomic mass is 16.6. The van der Waals surface area contributed by atoms with Crippen LogP contribution < -0.4 is 5.73 Å². The van der Waals surface area contributed by atoms with E-state index in [0.29, 0.717) is 6.54 Å². The van der Waals surface area contributed by atoms with Crippen LogP contribution in [-0.4, -0.2) is 21.4 Å². The van der Waals surface area contributed by atoms with E-state index in [1.54, 1.807) is 0 Å². The van der Waals surface area contributed by atoms with E-state index in [9.17, 15) is 19.7 Å². The van der Waals surface area contributed by atoms with E-state index in [-0.39, 0.29) is 29.8 Å². The number of para-hydroxylation sites is 1. The number of nitro groups is 1. The van der Waals surface area contributed by atoms with E-state index in [4.69, 9.17) is 10.5 Å². The van der Waals surface area contributed by atoms with Gasteiger partial charge in [0.25, 0.3) is 5.69 Å². The third-order valence-corrected chi connectivity index (χ3v) is 4.19. The SMILES string of the molecule is NC(=O)c1ccc(COC(=O)CCn2ccc3ccccc32)c([N+](=O)[O-])c1. The van der Waals surface area contributed by atoms with Crippen LogP contribution in [0.3, 0.4) is 0 Å². The van der Waals surface area contributed by atoms with Gasteiger partial charge >= 0.3 is 5.97 Å². The minimum absolute atomic E-state index is 0.0243. The third kappa shape index (κ3) is 4.12. The van der Waals surface area contributed by atoms with Gasteiger partial charge in [0, 0.05) is 29.9 Å². The minimum Gasteiger partial charge on any atom is -0.460 e. The van der Waals surface area contributed by atoms with Gasteiger partial charge in [0.2, 0.25) is 5.91 Å². The molecule has 8 heteroatoms. The highest BCUT2D eigenvalue weighted by molar-refractivity contribution is 5.93. The molecule has 1 heterocycles. The topological polar surface area (TPSA) is 117 Å². The van der Waals surface area contributed by atoms with Crippen molar-refractivity contribution in [1.29, 1.82) is 0 Å². The Balaban J connectivity index is 1.62. The number of carbonyl (C=O) groups excluding carboxylic acids is 2. The first-order valence-corrected chi connectivity index (χ1v) is 8.22. The number of nitrogens with two attached hydrogens (primary N) is 1. The van der Waals surface area contributed by atoms with Crippen molar-refractivity contribution in [1.82, 2.24) is 4.57 Å². The fourth-order valence-electron chi connectivity index (χ4n) is 2.79. The van der Waals surface area contributed by atoms with E-state index in [2.05, 4.69) is 0 Å². The summed E-state index contributed by atoms with van der Waals surface area (Å²) in [4.78, 5) is 33.7. The number of hydrogen-bond donors (Lipinski definition) is 1. The van der Waals surface area contributed by atoms with Crippen LogP contribution in [0.15, 0.2) is 54.7 Å². The van der Waals surface area contributed by atoms with Gasteiger partial charge in [-0.1, -0.05) is 18.2 Å². The van der Waals surface area contributed by atoms with E-state index < -0.39 is 16.8 Å². The Kier molecular flexibility index (Phi) is 5.16. The summed E-state index contributed by atoms with van der Waals surface area (Å²) in [5, 5.41) is 12.2. The first-order chi connectivity index (χ1) is 13.0. The van der Waals surface area contributed by atoms with Gasteiger partial charge in [-0.15, -0.1) is 0 Å². The molecule has 0 spiro atoms. The van der Waals surface area contributed by atoms with Gasteiger partial charge in [-0.05, 0) is 29.7 Å². The zero-order valence-electron chi connectivity index (χ0n) is 14.3. The predicted molar refractivity (Wildman–Crippen MR) is 98.0 cm³/mol. The van der Waals surface area contributed by atoms with Crippen LogP contribution in [0.2, 0.25) is 0 Å². The number of hydrogen-bond acceptors (Lipinski definition) is 5. The Bertz CT molecular complexity index is 1030. The average Bonchev–Trinajstić information content (AvgIpc) is 3.07. The van der Waals surface area contributed by atoms with Crippen molar-refractivity contribution >= 4 is 28.5 Å². The van der Waals surface area contributed by atoms with E-state index >= 15 is 0 Å². The maximum absolute atomic E-state index is 12.0. The molecule has 0 aliphatic carbocycles. The first kappa shape index (κ1) is 18.1. The second-order valence-electron chi connectivity index (χ2n) is 5.94. The van der Waals surface area contributed by atoms with Gasteiger partial charge in [-0.25, -0.2) is 0 Å². The van der Waals surface area contributed by atoms with Crippen molar-refractivity contribution < 1.29 is 19.2 Å². The van der Waals surface area contributed by atoms with Crippen molar-refractivity contribution in [3.05, 3.63) is 76.0 Å². The molecule has 0 fully saturated rings. The number of ether oxygens (including phenoxy) is 1. The zero-order valence-corrected chi connectivity index (χ0v) is 14.3. The molecule has 138 valence electrons. The summed E-state index contributed by atoms with van der Waals surface area (Å²) >= 11 is 0. The number of nitrogens with zero attached hydrogens (tertiary/aromatic N) is 2. The number of benzene rings is 2. The van der Waals surface area contributed by atoms with Crippen LogP contribution >= 0.6 is 0 Å². The molecule has 0 bridgehead atoms. The van der Waals surface area contributed by atoms with E-state index in [0.717, 1.165) is 17.0 Å². The number of aryl methyl sites for hydroxylation is 1. The van der Waals surface area contributed by atoms with Gasteiger partial charge in [0.15, 0.2) is 0 Å². The van der Waals surface area contributed by atoms with Gasteiger partial charge in [-0.3, -0.25) is 19.7 Å². The molecule has 0 radical (unpaired) electrons. The van der Waals surface area contributed by atoms with Gasteiger partial charge in [0.05, 0.1) is 16.9 Å². The van der Waals surface area contributed by atoms with Gasteiger partial charge < -0.3 is 15.0 Å². The fourth-order valence-corrected chi connectivity index (χ4v) is 2.79. The smallest absolute Gasteiger partial charge is 0.307 e. The lowest BCUT2D eigenvalue weighted by atomic mass is 10.1. The zero-order chi connectivity index (χ0) is 19.4. The predicted octanol–water partition coefficient (Wildman–Crippen LogP) is 2.78. The number of carbonyl (C=O) groups is 2. The van der Waals surface area contributed by atoms with Gasteiger partial charge in [-0.2, -0.15) is 0 Å². The molecule has 3 aromatic rings. The number of aromatic nitrogens is 1. The maximum Gasteiger partial charge on any atom is 0.307 e.